The summed E-state index contributed by atoms with van der Waals surface area (Å²) in [5, 5.41) is 0. The third-order valence-corrected chi connectivity index (χ3v) is 6.15. The first-order valence-corrected chi connectivity index (χ1v) is 10.6. The Labute approximate surface area is 170 Å². The molecular formula is C24H19NO3S. The van der Waals surface area contributed by atoms with E-state index in [1.807, 2.05) is 60.7 Å². The SMILES string of the molecule is O=S(=O)(c1ccc(/C=C/c2ccco2)cc1)N(c1ccccc1)c1ccccc1. The van der Waals surface area contributed by atoms with Crippen molar-refractivity contribution in [3.05, 3.63) is 115 Å². The molecule has 0 amide bonds. The van der Waals surface area contributed by atoms with Gasteiger partial charge in [0.1, 0.15) is 5.76 Å². The van der Waals surface area contributed by atoms with Gasteiger partial charge in [-0.25, -0.2) is 12.7 Å². The van der Waals surface area contributed by atoms with Crippen molar-refractivity contribution in [1.82, 2.24) is 0 Å². The minimum atomic E-state index is -3.79. The van der Waals surface area contributed by atoms with E-state index in [0.29, 0.717) is 11.4 Å². The lowest BCUT2D eigenvalue weighted by atomic mass is 10.2. The van der Waals surface area contributed by atoms with Gasteiger partial charge in [0, 0.05) is 0 Å². The quantitative estimate of drug-likeness (QED) is 0.399. The molecule has 0 unspecified atom stereocenters. The molecule has 0 aliphatic carbocycles. The molecular weight excluding hydrogens is 382 g/mol. The van der Waals surface area contributed by atoms with Crippen molar-refractivity contribution in [1.29, 1.82) is 0 Å². The Morgan fingerprint density at radius 2 is 1.24 bits per heavy atom. The average molecular weight is 401 g/mol. The summed E-state index contributed by atoms with van der Waals surface area (Å²) in [7, 11) is -3.79. The molecule has 0 N–H and O–H groups in total. The van der Waals surface area contributed by atoms with E-state index in [2.05, 4.69) is 0 Å². The van der Waals surface area contributed by atoms with Crippen LogP contribution in [0.25, 0.3) is 12.2 Å². The summed E-state index contributed by atoms with van der Waals surface area (Å²) < 4.78 is 33.6. The molecule has 5 heteroatoms. The van der Waals surface area contributed by atoms with Crippen LogP contribution >= 0.6 is 0 Å². The molecule has 4 rings (SSSR count). The fourth-order valence-corrected chi connectivity index (χ4v) is 4.46. The highest BCUT2D eigenvalue weighted by atomic mass is 32.2. The maximum atomic E-state index is 13.5. The normalized spacial score (nSPS) is 11.6. The van der Waals surface area contributed by atoms with Crippen molar-refractivity contribution in [2.24, 2.45) is 0 Å². The van der Waals surface area contributed by atoms with Gasteiger partial charge in [0.25, 0.3) is 10.0 Å². The highest BCUT2D eigenvalue weighted by Gasteiger charge is 2.26. The van der Waals surface area contributed by atoms with Gasteiger partial charge in [-0.2, -0.15) is 0 Å². The van der Waals surface area contributed by atoms with Crippen molar-refractivity contribution in [2.45, 2.75) is 4.90 Å². The van der Waals surface area contributed by atoms with Crippen molar-refractivity contribution >= 4 is 33.6 Å². The number of hydrogen-bond acceptors (Lipinski definition) is 3. The first kappa shape index (κ1) is 18.8. The number of rotatable bonds is 6. The van der Waals surface area contributed by atoms with Crippen molar-refractivity contribution in [2.75, 3.05) is 4.31 Å². The minimum Gasteiger partial charge on any atom is -0.465 e. The number of hydrogen-bond donors (Lipinski definition) is 0. The zero-order valence-corrected chi connectivity index (χ0v) is 16.4. The van der Waals surface area contributed by atoms with Crippen LogP contribution in [-0.4, -0.2) is 8.42 Å². The van der Waals surface area contributed by atoms with Gasteiger partial charge >= 0.3 is 0 Å². The van der Waals surface area contributed by atoms with Crippen LogP contribution in [0.5, 0.6) is 0 Å². The summed E-state index contributed by atoms with van der Waals surface area (Å²) in [6, 6.07) is 28.6. The van der Waals surface area contributed by atoms with Crippen molar-refractivity contribution < 1.29 is 12.8 Å². The predicted octanol–water partition coefficient (Wildman–Crippen LogP) is 5.98. The third kappa shape index (κ3) is 4.15. The second-order valence-corrected chi connectivity index (χ2v) is 8.15. The van der Waals surface area contributed by atoms with Crippen molar-refractivity contribution in [3.63, 3.8) is 0 Å². The standard InChI is InChI=1S/C24H19NO3S/c26-29(27,24-17-14-20(15-18-24)13-16-23-12-7-19-28-23)25(21-8-3-1-4-9-21)22-10-5-2-6-11-22/h1-19H/b16-13+. The molecule has 0 aliphatic heterocycles. The molecule has 4 aromatic rings. The molecule has 4 nitrogen and oxygen atoms in total. The van der Waals surface area contributed by atoms with Gasteiger partial charge in [0.15, 0.2) is 0 Å². The van der Waals surface area contributed by atoms with Crippen LogP contribution in [0, 0.1) is 0 Å². The van der Waals surface area contributed by atoms with E-state index in [4.69, 9.17) is 4.42 Å². The van der Waals surface area contributed by atoms with Crippen LogP contribution in [0.2, 0.25) is 0 Å². The first-order valence-electron chi connectivity index (χ1n) is 9.12. The Morgan fingerprint density at radius 1 is 0.655 bits per heavy atom. The highest BCUT2D eigenvalue weighted by molar-refractivity contribution is 7.93. The summed E-state index contributed by atoms with van der Waals surface area (Å²) in [5.41, 5.74) is 2.05. The Kier molecular flexibility index (Phi) is 5.31. The summed E-state index contributed by atoms with van der Waals surface area (Å²) in [6.45, 7) is 0. The van der Waals surface area contributed by atoms with Gasteiger partial charge in [-0.15, -0.1) is 0 Å². The summed E-state index contributed by atoms with van der Waals surface area (Å²) in [4.78, 5) is 0.223. The van der Waals surface area contributed by atoms with Crippen LogP contribution in [0.1, 0.15) is 11.3 Å². The van der Waals surface area contributed by atoms with E-state index in [-0.39, 0.29) is 4.90 Å². The largest absolute Gasteiger partial charge is 0.465 e. The average Bonchev–Trinajstić information content (AvgIpc) is 3.28. The number of anilines is 2. The molecule has 0 aliphatic rings. The molecule has 144 valence electrons. The minimum absolute atomic E-state index is 0.223. The molecule has 1 heterocycles. The Bertz CT molecular complexity index is 1140. The smallest absolute Gasteiger partial charge is 0.268 e. The summed E-state index contributed by atoms with van der Waals surface area (Å²) in [6.07, 6.45) is 5.32. The van der Waals surface area contributed by atoms with E-state index in [0.717, 1.165) is 11.3 Å². The second-order valence-electron chi connectivity index (χ2n) is 6.36. The highest BCUT2D eigenvalue weighted by Crippen LogP contribution is 2.32. The summed E-state index contributed by atoms with van der Waals surface area (Å²) in [5.74, 6) is 0.737. The zero-order valence-electron chi connectivity index (χ0n) is 15.5. The van der Waals surface area contributed by atoms with Crippen molar-refractivity contribution in [3.8, 4) is 0 Å². The second kappa shape index (κ2) is 8.20. The molecule has 0 saturated carbocycles. The first-order chi connectivity index (χ1) is 14.1. The predicted molar refractivity (Wildman–Crippen MR) is 116 cm³/mol. The van der Waals surface area contributed by atoms with E-state index in [9.17, 15) is 8.42 Å². The van der Waals surface area contributed by atoms with Crippen LogP contribution in [0.3, 0.4) is 0 Å². The van der Waals surface area contributed by atoms with Gasteiger partial charge < -0.3 is 4.42 Å². The van der Waals surface area contributed by atoms with Crippen LogP contribution in [-0.2, 0) is 10.0 Å². The van der Waals surface area contributed by atoms with Gasteiger partial charge in [-0.05, 0) is 60.2 Å². The molecule has 0 atom stereocenters. The van der Waals surface area contributed by atoms with Gasteiger partial charge in [-0.1, -0.05) is 54.6 Å². The molecule has 0 bridgehead atoms. The lowest BCUT2D eigenvalue weighted by molar-refractivity contribution is 0.557. The van der Waals surface area contributed by atoms with Crippen LogP contribution < -0.4 is 4.31 Å². The summed E-state index contributed by atoms with van der Waals surface area (Å²) >= 11 is 0. The molecule has 29 heavy (non-hydrogen) atoms. The van der Waals surface area contributed by atoms with E-state index < -0.39 is 10.0 Å². The molecule has 0 fully saturated rings. The molecule has 0 saturated heterocycles. The fraction of sp³-hybridized carbons (Fsp3) is 0. The maximum Gasteiger partial charge on any atom is 0.268 e. The van der Waals surface area contributed by atoms with E-state index in [1.165, 1.54) is 4.31 Å². The molecule has 1 aromatic heterocycles. The van der Waals surface area contributed by atoms with Crippen LogP contribution in [0.4, 0.5) is 11.4 Å². The Hall–Kier alpha value is -3.57. The zero-order chi connectivity index (χ0) is 20.1. The third-order valence-electron chi connectivity index (χ3n) is 4.38. The Balaban J connectivity index is 1.69. The number of furan rings is 1. The monoisotopic (exact) mass is 401 g/mol. The maximum absolute atomic E-state index is 13.5. The van der Waals surface area contributed by atoms with Gasteiger partial charge in [0.05, 0.1) is 22.5 Å². The topological polar surface area (TPSA) is 50.5 Å². The molecule has 3 aromatic carbocycles. The van der Waals surface area contributed by atoms with E-state index in [1.54, 1.807) is 54.8 Å². The van der Waals surface area contributed by atoms with Gasteiger partial charge in [0.2, 0.25) is 0 Å². The lowest BCUT2D eigenvalue weighted by Gasteiger charge is -2.24. The van der Waals surface area contributed by atoms with Gasteiger partial charge in [-0.3, -0.25) is 0 Å². The number of benzene rings is 3. The Morgan fingerprint density at radius 3 is 1.76 bits per heavy atom. The lowest BCUT2D eigenvalue weighted by Crippen LogP contribution is -2.26. The fourth-order valence-electron chi connectivity index (χ4n) is 2.97. The van der Waals surface area contributed by atoms with E-state index >= 15 is 0 Å². The number of para-hydroxylation sites is 2. The molecule has 0 spiro atoms. The van der Waals surface area contributed by atoms with Crippen LogP contribution in [0.15, 0.2) is 113 Å². The number of nitrogens with zero attached hydrogens (tertiary/aromatic N) is 1. The molecule has 0 radical (unpaired) electrons. The number of sulfonamides is 1.